The molecule has 0 aliphatic carbocycles. The van der Waals surface area contributed by atoms with E-state index in [1.807, 2.05) is 36.4 Å². The third-order valence-corrected chi connectivity index (χ3v) is 3.14. The van der Waals surface area contributed by atoms with Crippen LogP contribution in [0.4, 0.5) is 0 Å². The van der Waals surface area contributed by atoms with Crippen molar-refractivity contribution < 1.29 is 9.53 Å². The summed E-state index contributed by atoms with van der Waals surface area (Å²) in [6.07, 6.45) is 3.41. The molecule has 0 saturated carbocycles. The fourth-order valence-electron chi connectivity index (χ4n) is 1.98. The number of carbonyl (C=O) groups excluding carboxylic acids is 1. The van der Waals surface area contributed by atoms with E-state index in [9.17, 15) is 4.79 Å². The summed E-state index contributed by atoms with van der Waals surface area (Å²) in [5.41, 5.74) is 2.13. The van der Waals surface area contributed by atoms with E-state index in [4.69, 9.17) is 4.74 Å². The Morgan fingerprint density at radius 3 is 2.62 bits per heavy atom. The fraction of sp³-hybridized carbons (Fsp3) is 0.294. The second-order valence-electron chi connectivity index (χ2n) is 5.11. The van der Waals surface area contributed by atoms with E-state index in [0.717, 1.165) is 16.9 Å². The van der Waals surface area contributed by atoms with Crippen LogP contribution in [0.15, 0.2) is 48.8 Å². The zero-order chi connectivity index (χ0) is 15.1. The Labute approximate surface area is 125 Å². The summed E-state index contributed by atoms with van der Waals surface area (Å²) >= 11 is 0. The van der Waals surface area contributed by atoms with Gasteiger partial charge in [-0.05, 0) is 35.2 Å². The molecule has 21 heavy (non-hydrogen) atoms. The lowest BCUT2D eigenvalue weighted by Crippen LogP contribution is -2.28. The number of nitrogens with one attached hydrogen (secondary N) is 1. The number of hydrogen-bond donors (Lipinski definition) is 1. The van der Waals surface area contributed by atoms with Crippen LogP contribution < -0.4 is 10.1 Å². The summed E-state index contributed by atoms with van der Waals surface area (Å²) in [7, 11) is 0. The Morgan fingerprint density at radius 1 is 1.19 bits per heavy atom. The maximum atomic E-state index is 11.8. The number of nitrogens with zero attached hydrogens (tertiary/aromatic N) is 1. The normalized spacial score (nSPS) is 10.4. The average Bonchev–Trinajstić information content (AvgIpc) is 2.52. The van der Waals surface area contributed by atoms with E-state index in [0.29, 0.717) is 12.5 Å². The lowest BCUT2D eigenvalue weighted by atomic mass is 10.0. The van der Waals surface area contributed by atoms with Crippen molar-refractivity contribution in [2.45, 2.75) is 26.3 Å². The summed E-state index contributed by atoms with van der Waals surface area (Å²) in [4.78, 5) is 15.8. The van der Waals surface area contributed by atoms with Crippen LogP contribution in [-0.4, -0.2) is 17.5 Å². The molecular formula is C17H20N2O2. The Morgan fingerprint density at radius 2 is 1.90 bits per heavy atom. The van der Waals surface area contributed by atoms with Crippen molar-refractivity contribution in [2.24, 2.45) is 0 Å². The van der Waals surface area contributed by atoms with Crippen molar-refractivity contribution in [1.29, 1.82) is 0 Å². The molecule has 0 bridgehead atoms. The molecule has 0 radical (unpaired) electrons. The first-order valence-corrected chi connectivity index (χ1v) is 7.04. The van der Waals surface area contributed by atoms with E-state index < -0.39 is 0 Å². The average molecular weight is 284 g/mol. The van der Waals surface area contributed by atoms with Gasteiger partial charge in [-0.15, -0.1) is 0 Å². The molecule has 0 saturated heterocycles. The zero-order valence-corrected chi connectivity index (χ0v) is 12.4. The van der Waals surface area contributed by atoms with Gasteiger partial charge in [-0.1, -0.05) is 32.0 Å². The summed E-state index contributed by atoms with van der Waals surface area (Å²) in [6, 6.07) is 11.5. The summed E-state index contributed by atoms with van der Waals surface area (Å²) < 4.78 is 5.62. The molecule has 0 fully saturated rings. The number of rotatable bonds is 6. The summed E-state index contributed by atoms with van der Waals surface area (Å²) in [5.74, 6) is 0.998. The molecule has 0 aliphatic heterocycles. The number of aromatic nitrogens is 1. The van der Waals surface area contributed by atoms with Gasteiger partial charge < -0.3 is 10.1 Å². The standard InChI is InChI=1S/C17H20N2O2/c1-13(2)15-5-3-4-6-16(15)21-12-17(20)19-11-14-7-9-18-10-8-14/h3-10,13H,11-12H2,1-2H3,(H,19,20). The number of ether oxygens (including phenoxy) is 1. The van der Waals surface area contributed by atoms with E-state index in [2.05, 4.69) is 24.1 Å². The topological polar surface area (TPSA) is 51.2 Å². The van der Waals surface area contributed by atoms with E-state index in [1.54, 1.807) is 12.4 Å². The van der Waals surface area contributed by atoms with Gasteiger partial charge in [-0.25, -0.2) is 0 Å². The van der Waals surface area contributed by atoms with Gasteiger partial charge >= 0.3 is 0 Å². The lowest BCUT2D eigenvalue weighted by Gasteiger charge is -2.13. The first-order valence-electron chi connectivity index (χ1n) is 7.04. The minimum absolute atomic E-state index is 0.0226. The van der Waals surface area contributed by atoms with E-state index in [-0.39, 0.29) is 12.5 Å². The molecule has 1 N–H and O–H groups in total. The Bertz CT molecular complexity index is 582. The van der Waals surface area contributed by atoms with Crippen molar-refractivity contribution in [1.82, 2.24) is 10.3 Å². The van der Waals surface area contributed by atoms with Crippen LogP contribution in [0.2, 0.25) is 0 Å². The number of pyridine rings is 1. The van der Waals surface area contributed by atoms with Gasteiger partial charge in [-0.2, -0.15) is 0 Å². The predicted octanol–water partition coefficient (Wildman–Crippen LogP) is 2.90. The van der Waals surface area contributed by atoms with Crippen LogP contribution in [0, 0.1) is 0 Å². The number of amides is 1. The van der Waals surface area contributed by atoms with Crippen LogP contribution in [0.5, 0.6) is 5.75 Å². The molecule has 1 amide bonds. The highest BCUT2D eigenvalue weighted by molar-refractivity contribution is 5.77. The molecule has 1 aromatic heterocycles. The lowest BCUT2D eigenvalue weighted by molar-refractivity contribution is -0.123. The molecule has 4 heteroatoms. The zero-order valence-electron chi connectivity index (χ0n) is 12.4. The molecule has 0 unspecified atom stereocenters. The van der Waals surface area contributed by atoms with Gasteiger partial charge in [0.1, 0.15) is 5.75 Å². The summed E-state index contributed by atoms with van der Waals surface area (Å²) in [5, 5.41) is 2.83. The van der Waals surface area contributed by atoms with E-state index >= 15 is 0 Å². The fourth-order valence-corrected chi connectivity index (χ4v) is 1.98. The third-order valence-electron chi connectivity index (χ3n) is 3.14. The maximum Gasteiger partial charge on any atom is 0.258 e. The van der Waals surface area contributed by atoms with Gasteiger partial charge in [-0.3, -0.25) is 9.78 Å². The van der Waals surface area contributed by atoms with Crippen molar-refractivity contribution in [3.05, 3.63) is 59.9 Å². The highest BCUT2D eigenvalue weighted by atomic mass is 16.5. The molecule has 1 heterocycles. The molecule has 4 nitrogen and oxygen atoms in total. The molecule has 2 aromatic rings. The smallest absolute Gasteiger partial charge is 0.258 e. The first-order chi connectivity index (χ1) is 10.2. The number of carbonyl (C=O) groups is 1. The van der Waals surface area contributed by atoms with Crippen molar-refractivity contribution >= 4 is 5.91 Å². The highest BCUT2D eigenvalue weighted by Gasteiger charge is 2.09. The van der Waals surface area contributed by atoms with E-state index in [1.165, 1.54) is 0 Å². The van der Waals surface area contributed by atoms with Crippen LogP contribution in [0.3, 0.4) is 0 Å². The highest BCUT2D eigenvalue weighted by Crippen LogP contribution is 2.25. The molecule has 0 spiro atoms. The maximum absolute atomic E-state index is 11.8. The first kappa shape index (κ1) is 15.0. The van der Waals surface area contributed by atoms with Gasteiger partial charge in [0.25, 0.3) is 5.91 Å². The van der Waals surface area contributed by atoms with Crippen LogP contribution in [-0.2, 0) is 11.3 Å². The Hall–Kier alpha value is -2.36. The van der Waals surface area contributed by atoms with Gasteiger partial charge in [0.05, 0.1) is 0 Å². The van der Waals surface area contributed by atoms with Crippen LogP contribution in [0.1, 0.15) is 30.9 Å². The quantitative estimate of drug-likeness (QED) is 0.887. The predicted molar refractivity (Wildman–Crippen MR) is 82.1 cm³/mol. The molecule has 1 aromatic carbocycles. The molecular weight excluding hydrogens is 264 g/mol. The van der Waals surface area contributed by atoms with Crippen LogP contribution in [0.25, 0.3) is 0 Å². The second-order valence-corrected chi connectivity index (χ2v) is 5.11. The summed E-state index contributed by atoms with van der Waals surface area (Å²) in [6.45, 7) is 4.71. The van der Waals surface area contributed by atoms with Gasteiger partial charge in [0.2, 0.25) is 0 Å². The molecule has 2 rings (SSSR count). The molecule has 110 valence electrons. The molecule has 0 atom stereocenters. The minimum atomic E-state index is -0.134. The number of hydrogen-bond acceptors (Lipinski definition) is 3. The number of benzene rings is 1. The van der Waals surface area contributed by atoms with Crippen molar-refractivity contribution in [2.75, 3.05) is 6.61 Å². The Kier molecular flexibility index (Phi) is 5.32. The third kappa shape index (κ3) is 4.60. The van der Waals surface area contributed by atoms with Gasteiger partial charge in [0, 0.05) is 18.9 Å². The second kappa shape index (κ2) is 7.43. The Balaban J connectivity index is 1.84. The van der Waals surface area contributed by atoms with Crippen LogP contribution >= 0.6 is 0 Å². The van der Waals surface area contributed by atoms with Crippen molar-refractivity contribution in [3.63, 3.8) is 0 Å². The SMILES string of the molecule is CC(C)c1ccccc1OCC(=O)NCc1ccncc1. The van der Waals surface area contributed by atoms with Gasteiger partial charge in [0.15, 0.2) is 6.61 Å². The molecule has 0 aliphatic rings. The monoisotopic (exact) mass is 284 g/mol. The largest absolute Gasteiger partial charge is 0.483 e. The van der Waals surface area contributed by atoms with Crippen molar-refractivity contribution in [3.8, 4) is 5.75 Å². The minimum Gasteiger partial charge on any atom is -0.483 e. The number of para-hydroxylation sites is 1.